The zero-order valence-corrected chi connectivity index (χ0v) is 12.7. The molecule has 1 unspecified atom stereocenters. The number of aliphatic hydroxyl groups is 1. The monoisotopic (exact) mass is 278 g/mol. The van der Waals surface area contributed by atoms with E-state index in [0.717, 1.165) is 19.6 Å². The summed E-state index contributed by atoms with van der Waals surface area (Å²) in [6, 6.07) is 6.41. The van der Waals surface area contributed by atoms with Gasteiger partial charge >= 0.3 is 0 Å². The molecule has 1 aliphatic rings. The van der Waals surface area contributed by atoms with Gasteiger partial charge in [-0.25, -0.2) is 0 Å². The maximum Gasteiger partial charge on any atom is 0.0940 e. The molecule has 0 saturated carbocycles. The molecule has 1 fully saturated rings. The summed E-state index contributed by atoms with van der Waals surface area (Å²) in [6.45, 7) is 9.48. The molecular formula is C16H26N2O2. The standard InChI is InChI=1S/C16H26N2O2/c1-12-6-13(7-17)4-5-14(12)8-18-9-15(10-19)20-16(2,3)11-18/h4-6,15,19H,7-11,17H2,1-3H3. The highest BCUT2D eigenvalue weighted by Crippen LogP contribution is 2.23. The Balaban J connectivity index is 2.09. The number of nitrogens with two attached hydrogens (primary N) is 1. The Morgan fingerprint density at radius 1 is 1.45 bits per heavy atom. The van der Waals surface area contributed by atoms with Gasteiger partial charge in [0.1, 0.15) is 0 Å². The van der Waals surface area contributed by atoms with Crippen molar-refractivity contribution >= 4 is 0 Å². The van der Waals surface area contributed by atoms with Gasteiger partial charge in [-0.1, -0.05) is 18.2 Å². The van der Waals surface area contributed by atoms with Crippen molar-refractivity contribution in [3.8, 4) is 0 Å². The molecule has 1 atom stereocenters. The van der Waals surface area contributed by atoms with Gasteiger partial charge in [0.2, 0.25) is 0 Å². The van der Waals surface area contributed by atoms with E-state index in [1.165, 1.54) is 16.7 Å². The predicted octanol–water partition coefficient (Wildman–Crippen LogP) is 1.43. The summed E-state index contributed by atoms with van der Waals surface area (Å²) >= 11 is 0. The first-order chi connectivity index (χ1) is 9.43. The van der Waals surface area contributed by atoms with Crippen LogP contribution in [0.4, 0.5) is 0 Å². The van der Waals surface area contributed by atoms with E-state index in [4.69, 9.17) is 10.5 Å². The molecule has 1 aromatic rings. The zero-order chi connectivity index (χ0) is 14.8. The van der Waals surface area contributed by atoms with Crippen LogP contribution in [0.15, 0.2) is 18.2 Å². The Kier molecular flexibility index (Phi) is 4.81. The van der Waals surface area contributed by atoms with Gasteiger partial charge in [-0.2, -0.15) is 0 Å². The van der Waals surface area contributed by atoms with E-state index in [2.05, 4.69) is 43.9 Å². The van der Waals surface area contributed by atoms with Crippen molar-refractivity contribution in [2.45, 2.75) is 45.6 Å². The van der Waals surface area contributed by atoms with E-state index in [1.807, 2.05) is 0 Å². The fourth-order valence-electron chi connectivity index (χ4n) is 2.94. The number of morpholine rings is 1. The molecule has 4 heteroatoms. The maximum absolute atomic E-state index is 9.36. The Morgan fingerprint density at radius 3 is 2.80 bits per heavy atom. The highest BCUT2D eigenvalue weighted by molar-refractivity contribution is 5.31. The molecule has 20 heavy (non-hydrogen) atoms. The third kappa shape index (κ3) is 3.79. The van der Waals surface area contributed by atoms with Gasteiger partial charge in [-0.3, -0.25) is 4.90 Å². The van der Waals surface area contributed by atoms with Gasteiger partial charge in [0.25, 0.3) is 0 Å². The molecule has 4 nitrogen and oxygen atoms in total. The number of hydrogen-bond donors (Lipinski definition) is 2. The molecular weight excluding hydrogens is 252 g/mol. The third-order valence-electron chi connectivity index (χ3n) is 3.79. The van der Waals surface area contributed by atoms with Crippen LogP contribution >= 0.6 is 0 Å². The van der Waals surface area contributed by atoms with Gasteiger partial charge in [0, 0.05) is 26.2 Å². The highest BCUT2D eigenvalue weighted by atomic mass is 16.5. The van der Waals surface area contributed by atoms with Crippen LogP contribution < -0.4 is 5.73 Å². The minimum absolute atomic E-state index is 0.0744. The second-order valence-electron chi connectivity index (χ2n) is 6.32. The van der Waals surface area contributed by atoms with Crippen LogP contribution in [0.2, 0.25) is 0 Å². The number of aliphatic hydroxyl groups excluding tert-OH is 1. The van der Waals surface area contributed by atoms with Gasteiger partial charge in [0.15, 0.2) is 0 Å². The molecule has 0 aliphatic carbocycles. The first-order valence-corrected chi connectivity index (χ1v) is 7.23. The smallest absolute Gasteiger partial charge is 0.0940 e. The average Bonchev–Trinajstić information content (AvgIpc) is 2.39. The van der Waals surface area contributed by atoms with Crippen LogP contribution in [-0.4, -0.2) is 41.4 Å². The normalized spacial score (nSPS) is 22.9. The molecule has 1 saturated heterocycles. The lowest BCUT2D eigenvalue weighted by Crippen LogP contribution is -2.53. The van der Waals surface area contributed by atoms with Gasteiger partial charge < -0.3 is 15.6 Å². The van der Waals surface area contributed by atoms with Crippen molar-refractivity contribution in [1.82, 2.24) is 4.90 Å². The van der Waals surface area contributed by atoms with Crippen LogP contribution in [0.25, 0.3) is 0 Å². The Morgan fingerprint density at radius 2 is 2.20 bits per heavy atom. The van der Waals surface area contributed by atoms with E-state index in [1.54, 1.807) is 0 Å². The van der Waals surface area contributed by atoms with E-state index in [0.29, 0.717) is 6.54 Å². The summed E-state index contributed by atoms with van der Waals surface area (Å²) in [7, 11) is 0. The van der Waals surface area contributed by atoms with E-state index >= 15 is 0 Å². The van der Waals surface area contributed by atoms with E-state index in [-0.39, 0.29) is 18.3 Å². The topological polar surface area (TPSA) is 58.7 Å². The summed E-state index contributed by atoms with van der Waals surface area (Å²) < 4.78 is 5.85. The minimum Gasteiger partial charge on any atom is -0.394 e. The zero-order valence-electron chi connectivity index (χ0n) is 12.7. The van der Waals surface area contributed by atoms with Crippen LogP contribution in [-0.2, 0) is 17.8 Å². The maximum atomic E-state index is 9.36. The third-order valence-corrected chi connectivity index (χ3v) is 3.79. The SMILES string of the molecule is Cc1cc(CN)ccc1CN1CC(CO)OC(C)(C)C1. The molecule has 1 aliphatic heterocycles. The largest absolute Gasteiger partial charge is 0.394 e. The summed E-state index contributed by atoms with van der Waals surface area (Å²) in [4.78, 5) is 2.36. The number of aryl methyl sites for hydroxylation is 1. The lowest BCUT2D eigenvalue weighted by atomic mass is 10.0. The second kappa shape index (κ2) is 6.22. The number of ether oxygens (including phenoxy) is 1. The number of hydrogen-bond acceptors (Lipinski definition) is 4. The fraction of sp³-hybridized carbons (Fsp3) is 0.625. The molecule has 1 heterocycles. The molecule has 2 rings (SSSR count). The van der Waals surface area contributed by atoms with Gasteiger partial charge in [-0.15, -0.1) is 0 Å². The lowest BCUT2D eigenvalue weighted by molar-refractivity contribution is -0.150. The van der Waals surface area contributed by atoms with Crippen molar-refractivity contribution in [3.05, 3.63) is 34.9 Å². The van der Waals surface area contributed by atoms with Gasteiger partial charge in [0.05, 0.1) is 18.3 Å². The minimum atomic E-state index is -0.212. The van der Waals surface area contributed by atoms with Crippen molar-refractivity contribution in [3.63, 3.8) is 0 Å². The number of rotatable bonds is 4. The van der Waals surface area contributed by atoms with Crippen molar-refractivity contribution in [2.75, 3.05) is 19.7 Å². The molecule has 112 valence electrons. The summed E-state index contributed by atoms with van der Waals surface area (Å²) in [5, 5.41) is 9.36. The molecule has 0 spiro atoms. The second-order valence-corrected chi connectivity index (χ2v) is 6.32. The first-order valence-electron chi connectivity index (χ1n) is 7.23. The molecule has 0 radical (unpaired) electrons. The molecule has 3 N–H and O–H groups in total. The molecule has 0 bridgehead atoms. The Labute approximate surface area is 121 Å². The summed E-state index contributed by atoms with van der Waals surface area (Å²) in [5.41, 5.74) is 9.22. The van der Waals surface area contributed by atoms with Crippen LogP contribution in [0.3, 0.4) is 0 Å². The van der Waals surface area contributed by atoms with Crippen LogP contribution in [0.1, 0.15) is 30.5 Å². The van der Waals surface area contributed by atoms with Crippen molar-refractivity contribution < 1.29 is 9.84 Å². The number of benzene rings is 1. The quantitative estimate of drug-likeness (QED) is 0.874. The molecule has 0 amide bonds. The predicted molar refractivity (Wildman–Crippen MR) is 80.4 cm³/mol. The van der Waals surface area contributed by atoms with E-state index < -0.39 is 0 Å². The highest BCUT2D eigenvalue weighted by Gasteiger charge is 2.32. The first kappa shape index (κ1) is 15.4. The lowest BCUT2D eigenvalue weighted by Gasteiger charge is -2.42. The molecule has 0 aromatic heterocycles. The summed E-state index contributed by atoms with van der Waals surface area (Å²) in [6.07, 6.45) is -0.0950. The Bertz CT molecular complexity index is 460. The summed E-state index contributed by atoms with van der Waals surface area (Å²) in [5.74, 6) is 0. The van der Waals surface area contributed by atoms with Crippen molar-refractivity contribution in [1.29, 1.82) is 0 Å². The Hall–Kier alpha value is -0.940. The fourth-order valence-corrected chi connectivity index (χ4v) is 2.94. The molecule has 1 aromatic carbocycles. The van der Waals surface area contributed by atoms with Gasteiger partial charge in [-0.05, 0) is 37.5 Å². The number of nitrogens with zero attached hydrogens (tertiary/aromatic N) is 1. The van der Waals surface area contributed by atoms with Crippen LogP contribution in [0, 0.1) is 6.92 Å². The average molecular weight is 278 g/mol. The van der Waals surface area contributed by atoms with Crippen molar-refractivity contribution in [2.24, 2.45) is 5.73 Å². The van der Waals surface area contributed by atoms with E-state index in [9.17, 15) is 5.11 Å². The van der Waals surface area contributed by atoms with Crippen LogP contribution in [0.5, 0.6) is 0 Å².